The summed E-state index contributed by atoms with van der Waals surface area (Å²) in [7, 11) is 0. The molecule has 3 aliphatic rings. The number of piperazine rings is 1. The van der Waals surface area contributed by atoms with E-state index in [9.17, 15) is 14.7 Å². The Labute approximate surface area is 182 Å². The smallest absolute Gasteiger partial charge is 0.256 e. The minimum atomic E-state index is -0.591. The van der Waals surface area contributed by atoms with Crippen LogP contribution in [0.15, 0.2) is 48.5 Å². The predicted octanol–water partition coefficient (Wildman–Crippen LogP) is 3.33. The van der Waals surface area contributed by atoms with Crippen LogP contribution in [-0.4, -0.2) is 58.6 Å². The quantitative estimate of drug-likeness (QED) is 0.801. The average Bonchev–Trinajstić information content (AvgIpc) is 2.93. The van der Waals surface area contributed by atoms with Crippen LogP contribution in [0.5, 0.6) is 0 Å². The van der Waals surface area contributed by atoms with Crippen molar-refractivity contribution in [2.45, 2.75) is 44.4 Å². The van der Waals surface area contributed by atoms with Gasteiger partial charge in [0.25, 0.3) is 5.91 Å². The number of carbonyl (C=O) groups excluding carboxylic acids is 2. The standard InChI is InChI=1S/C25H29N3O3/c29-23-22-16-27(24(30)18-9-5-2-6-10-18)13-14-28(22)25(31)20-15-19(11-12-21(20)26-23)17-7-3-1-4-8-17/h1,3-4,7-8,11-12,15,18,22,24,30H,2,5-6,9-10,13-14,16H2,(H,26,29). The highest BCUT2D eigenvalue weighted by molar-refractivity contribution is 6.10. The Kier molecular flexibility index (Phi) is 5.50. The van der Waals surface area contributed by atoms with E-state index in [0.717, 1.165) is 36.8 Å². The molecule has 2 aromatic rings. The summed E-state index contributed by atoms with van der Waals surface area (Å²) in [6.45, 7) is 1.39. The fourth-order valence-corrected chi connectivity index (χ4v) is 5.25. The van der Waals surface area contributed by atoms with Gasteiger partial charge in [-0.25, -0.2) is 0 Å². The maximum Gasteiger partial charge on any atom is 0.256 e. The normalized spacial score (nSPS) is 23.5. The van der Waals surface area contributed by atoms with E-state index in [1.807, 2.05) is 53.4 Å². The highest BCUT2D eigenvalue weighted by Crippen LogP contribution is 2.32. The van der Waals surface area contributed by atoms with Gasteiger partial charge in [0.1, 0.15) is 12.3 Å². The van der Waals surface area contributed by atoms with Crippen molar-refractivity contribution >= 4 is 17.5 Å². The molecule has 2 amide bonds. The third-order valence-electron chi connectivity index (χ3n) is 7.04. The Morgan fingerprint density at radius 1 is 0.935 bits per heavy atom. The summed E-state index contributed by atoms with van der Waals surface area (Å²) in [5, 5.41) is 13.9. The van der Waals surface area contributed by atoms with E-state index in [2.05, 4.69) is 5.32 Å². The summed E-state index contributed by atoms with van der Waals surface area (Å²) in [5.41, 5.74) is 3.07. The molecular weight excluding hydrogens is 390 g/mol. The molecule has 6 heteroatoms. The molecule has 5 rings (SSSR count). The summed E-state index contributed by atoms with van der Waals surface area (Å²) < 4.78 is 0. The largest absolute Gasteiger partial charge is 0.378 e. The second-order valence-electron chi connectivity index (χ2n) is 8.94. The summed E-state index contributed by atoms with van der Waals surface area (Å²) in [6, 6.07) is 15.0. The molecule has 0 bridgehead atoms. The van der Waals surface area contributed by atoms with E-state index in [1.165, 1.54) is 6.42 Å². The first-order valence-electron chi connectivity index (χ1n) is 11.4. The van der Waals surface area contributed by atoms with Gasteiger partial charge in [0.15, 0.2) is 0 Å². The minimum Gasteiger partial charge on any atom is -0.378 e. The van der Waals surface area contributed by atoms with Crippen molar-refractivity contribution in [3.63, 3.8) is 0 Å². The molecule has 2 heterocycles. The summed E-state index contributed by atoms with van der Waals surface area (Å²) in [6.07, 6.45) is 5.07. The number of anilines is 1. The van der Waals surface area contributed by atoms with E-state index in [4.69, 9.17) is 0 Å². The number of fused-ring (bicyclic) bond motifs is 2. The zero-order chi connectivity index (χ0) is 21.4. The molecule has 2 atom stereocenters. The van der Waals surface area contributed by atoms with Gasteiger partial charge in [-0.1, -0.05) is 55.7 Å². The van der Waals surface area contributed by atoms with Crippen LogP contribution in [0.4, 0.5) is 5.69 Å². The minimum absolute atomic E-state index is 0.122. The number of hydrogen-bond donors (Lipinski definition) is 2. The SMILES string of the molecule is O=C1Nc2ccc(-c3ccccc3)cc2C(=O)N2CCN(C(O)C3CCCCC3)CC12. The molecule has 1 saturated carbocycles. The number of hydrogen-bond acceptors (Lipinski definition) is 4. The van der Waals surface area contributed by atoms with Gasteiger partial charge in [0.2, 0.25) is 5.91 Å². The number of rotatable bonds is 3. The lowest BCUT2D eigenvalue weighted by molar-refractivity contribution is -0.127. The van der Waals surface area contributed by atoms with Crippen molar-refractivity contribution in [3.05, 3.63) is 54.1 Å². The molecule has 0 spiro atoms. The maximum absolute atomic E-state index is 13.4. The topological polar surface area (TPSA) is 72.9 Å². The molecule has 0 radical (unpaired) electrons. The maximum atomic E-state index is 13.4. The predicted molar refractivity (Wildman–Crippen MR) is 119 cm³/mol. The Morgan fingerprint density at radius 2 is 1.71 bits per heavy atom. The highest BCUT2D eigenvalue weighted by atomic mass is 16.3. The van der Waals surface area contributed by atoms with Crippen LogP contribution in [0.25, 0.3) is 11.1 Å². The van der Waals surface area contributed by atoms with Crippen molar-refractivity contribution in [2.75, 3.05) is 25.0 Å². The molecule has 31 heavy (non-hydrogen) atoms. The van der Waals surface area contributed by atoms with Crippen molar-refractivity contribution in [3.8, 4) is 11.1 Å². The summed E-state index contributed by atoms with van der Waals surface area (Å²) in [4.78, 5) is 30.1. The van der Waals surface area contributed by atoms with Crippen LogP contribution < -0.4 is 5.32 Å². The number of benzene rings is 2. The molecule has 162 valence electrons. The van der Waals surface area contributed by atoms with Gasteiger partial charge in [-0.15, -0.1) is 0 Å². The Morgan fingerprint density at radius 3 is 2.48 bits per heavy atom. The Bertz CT molecular complexity index is 971. The second kappa shape index (κ2) is 8.44. The zero-order valence-corrected chi connectivity index (χ0v) is 17.7. The van der Waals surface area contributed by atoms with E-state index in [1.54, 1.807) is 4.90 Å². The van der Waals surface area contributed by atoms with E-state index < -0.39 is 12.3 Å². The Balaban J connectivity index is 1.39. The van der Waals surface area contributed by atoms with E-state index in [-0.39, 0.29) is 17.7 Å². The fraction of sp³-hybridized carbons (Fsp3) is 0.440. The Hall–Kier alpha value is -2.70. The molecule has 2 unspecified atom stereocenters. The van der Waals surface area contributed by atoms with Gasteiger partial charge in [-0.3, -0.25) is 14.5 Å². The van der Waals surface area contributed by atoms with Crippen LogP contribution in [0.1, 0.15) is 42.5 Å². The second-order valence-corrected chi connectivity index (χ2v) is 8.94. The fourth-order valence-electron chi connectivity index (χ4n) is 5.25. The van der Waals surface area contributed by atoms with Crippen LogP contribution in [0, 0.1) is 5.92 Å². The lowest BCUT2D eigenvalue weighted by atomic mass is 9.87. The van der Waals surface area contributed by atoms with Crippen LogP contribution in [-0.2, 0) is 4.79 Å². The van der Waals surface area contributed by atoms with Gasteiger partial charge in [0.05, 0.1) is 11.3 Å². The molecule has 1 aliphatic carbocycles. The van der Waals surface area contributed by atoms with E-state index in [0.29, 0.717) is 30.9 Å². The van der Waals surface area contributed by atoms with Crippen molar-refractivity contribution in [2.24, 2.45) is 5.92 Å². The zero-order valence-electron chi connectivity index (χ0n) is 17.7. The van der Waals surface area contributed by atoms with Gasteiger partial charge in [-0.05, 0) is 42.0 Å². The van der Waals surface area contributed by atoms with Crippen molar-refractivity contribution in [1.82, 2.24) is 9.80 Å². The number of aliphatic hydroxyl groups is 1. The first-order valence-corrected chi connectivity index (χ1v) is 11.4. The highest BCUT2D eigenvalue weighted by Gasteiger charge is 2.41. The van der Waals surface area contributed by atoms with Gasteiger partial charge in [0, 0.05) is 19.6 Å². The summed E-state index contributed by atoms with van der Waals surface area (Å²) >= 11 is 0. The summed E-state index contributed by atoms with van der Waals surface area (Å²) in [5.74, 6) is -0.0430. The number of nitrogens with zero attached hydrogens (tertiary/aromatic N) is 2. The first kappa shape index (κ1) is 20.2. The number of amides is 2. The molecule has 2 N–H and O–H groups in total. The van der Waals surface area contributed by atoms with Crippen molar-refractivity contribution < 1.29 is 14.7 Å². The molecule has 0 aromatic heterocycles. The van der Waals surface area contributed by atoms with E-state index >= 15 is 0 Å². The third-order valence-corrected chi connectivity index (χ3v) is 7.04. The molecular formula is C25H29N3O3. The molecule has 2 aromatic carbocycles. The van der Waals surface area contributed by atoms with Crippen LogP contribution in [0.2, 0.25) is 0 Å². The van der Waals surface area contributed by atoms with Gasteiger partial charge in [-0.2, -0.15) is 0 Å². The molecule has 2 aliphatic heterocycles. The van der Waals surface area contributed by atoms with Gasteiger partial charge < -0.3 is 15.3 Å². The third kappa shape index (κ3) is 3.86. The number of aliphatic hydroxyl groups excluding tert-OH is 1. The first-order chi connectivity index (χ1) is 15.1. The molecule has 2 fully saturated rings. The lowest BCUT2D eigenvalue weighted by Gasteiger charge is -2.43. The molecule has 6 nitrogen and oxygen atoms in total. The van der Waals surface area contributed by atoms with Crippen molar-refractivity contribution in [1.29, 1.82) is 0 Å². The average molecular weight is 420 g/mol. The number of nitrogens with one attached hydrogen (secondary N) is 1. The molecule has 1 saturated heterocycles. The van der Waals surface area contributed by atoms with Gasteiger partial charge >= 0.3 is 0 Å². The van der Waals surface area contributed by atoms with Crippen LogP contribution in [0.3, 0.4) is 0 Å². The number of carbonyl (C=O) groups is 2. The monoisotopic (exact) mass is 419 g/mol. The van der Waals surface area contributed by atoms with Crippen LogP contribution >= 0.6 is 0 Å². The lowest BCUT2D eigenvalue weighted by Crippen LogP contribution is -2.61.